The quantitative estimate of drug-likeness (QED) is 0.501. The first-order valence-corrected chi connectivity index (χ1v) is 12.4. The van der Waals surface area contributed by atoms with E-state index >= 15 is 0 Å². The molecule has 176 valence electrons. The van der Waals surface area contributed by atoms with Crippen molar-refractivity contribution in [3.63, 3.8) is 0 Å². The molecule has 3 aromatic rings. The van der Waals surface area contributed by atoms with Crippen molar-refractivity contribution in [1.29, 1.82) is 5.41 Å². The summed E-state index contributed by atoms with van der Waals surface area (Å²) in [5.41, 5.74) is 12.7. The fourth-order valence-electron chi connectivity index (χ4n) is 5.16. The number of hydrogen-bond acceptors (Lipinski definition) is 4. The van der Waals surface area contributed by atoms with E-state index in [4.69, 9.17) is 10.4 Å². The van der Waals surface area contributed by atoms with Crippen molar-refractivity contribution in [3.8, 4) is 0 Å². The summed E-state index contributed by atoms with van der Waals surface area (Å²) >= 11 is 0. The van der Waals surface area contributed by atoms with E-state index in [9.17, 15) is 0 Å². The van der Waals surface area contributed by atoms with Crippen molar-refractivity contribution in [1.82, 2.24) is 14.9 Å². The molecule has 2 aliphatic rings. The van der Waals surface area contributed by atoms with Gasteiger partial charge in [-0.25, -0.2) is 0 Å². The van der Waals surface area contributed by atoms with Gasteiger partial charge in [0.05, 0.1) is 23.4 Å². The highest BCUT2D eigenvalue weighted by atomic mass is 15.2. The van der Waals surface area contributed by atoms with Gasteiger partial charge in [-0.1, -0.05) is 37.6 Å². The van der Waals surface area contributed by atoms with Crippen LogP contribution in [0.15, 0.2) is 103 Å². The van der Waals surface area contributed by atoms with Crippen LogP contribution in [0.4, 0.5) is 5.69 Å². The van der Waals surface area contributed by atoms with Crippen LogP contribution in [0.1, 0.15) is 54.2 Å². The Kier molecular flexibility index (Phi) is 6.68. The Morgan fingerprint density at radius 1 is 1.00 bits per heavy atom. The van der Waals surface area contributed by atoms with E-state index in [1.165, 1.54) is 16.7 Å². The van der Waals surface area contributed by atoms with Gasteiger partial charge in [-0.3, -0.25) is 9.97 Å². The molecule has 5 rings (SSSR count). The number of rotatable bonds is 7. The van der Waals surface area contributed by atoms with Crippen LogP contribution in [-0.4, -0.2) is 27.1 Å². The van der Waals surface area contributed by atoms with Crippen molar-refractivity contribution >= 4 is 11.4 Å². The molecule has 0 saturated heterocycles. The number of nitrogens with zero attached hydrogens (tertiary/aromatic N) is 3. The highest BCUT2D eigenvalue weighted by Gasteiger charge is 2.39. The van der Waals surface area contributed by atoms with Crippen LogP contribution < -0.4 is 5.73 Å². The molecule has 2 aromatic heterocycles. The molecular formula is C30H32N5+. The Balaban J connectivity index is 1.70. The van der Waals surface area contributed by atoms with E-state index in [2.05, 4.69) is 71.2 Å². The SMILES string of the molecule is CCCCN1C=C2C=CC(=N)C=C2[C@@H](c2ccccn2)[C@@H]1c1ccc([NH3+])cc1Cc1ccccn1. The molecule has 0 amide bonds. The first kappa shape index (κ1) is 22.9. The lowest BCUT2D eigenvalue weighted by atomic mass is 9.74. The van der Waals surface area contributed by atoms with Gasteiger partial charge in [-0.05, 0) is 71.2 Å². The van der Waals surface area contributed by atoms with Crippen LogP contribution in [0.3, 0.4) is 0 Å². The molecular weight excluding hydrogens is 430 g/mol. The van der Waals surface area contributed by atoms with E-state index in [0.29, 0.717) is 5.71 Å². The maximum absolute atomic E-state index is 8.37. The number of hydrogen-bond donors (Lipinski definition) is 2. The van der Waals surface area contributed by atoms with Gasteiger partial charge < -0.3 is 16.0 Å². The highest BCUT2D eigenvalue weighted by Crippen LogP contribution is 2.48. The van der Waals surface area contributed by atoms with Crippen molar-refractivity contribution in [3.05, 3.63) is 125 Å². The molecule has 1 aliphatic heterocycles. The predicted octanol–water partition coefficient (Wildman–Crippen LogP) is 5.28. The summed E-state index contributed by atoms with van der Waals surface area (Å²) in [5.74, 6) is 0.0107. The van der Waals surface area contributed by atoms with Gasteiger partial charge in [0.2, 0.25) is 0 Å². The average Bonchev–Trinajstić information content (AvgIpc) is 2.88. The Hall–Kier alpha value is -3.83. The largest absolute Gasteiger partial charge is 0.369 e. The summed E-state index contributed by atoms with van der Waals surface area (Å²) in [4.78, 5) is 11.9. The number of allylic oxidation sites excluding steroid dienone is 4. The first-order chi connectivity index (χ1) is 17.1. The molecule has 0 spiro atoms. The predicted molar refractivity (Wildman–Crippen MR) is 140 cm³/mol. The van der Waals surface area contributed by atoms with Crippen LogP contribution >= 0.6 is 0 Å². The van der Waals surface area contributed by atoms with Gasteiger partial charge in [0.25, 0.3) is 0 Å². The third-order valence-corrected chi connectivity index (χ3v) is 6.80. The summed E-state index contributed by atoms with van der Waals surface area (Å²) in [5, 5.41) is 8.37. The minimum absolute atomic E-state index is 0.0107. The van der Waals surface area contributed by atoms with Crippen LogP contribution in [0.2, 0.25) is 0 Å². The summed E-state index contributed by atoms with van der Waals surface area (Å²) in [6.45, 7) is 3.20. The molecule has 3 heterocycles. The van der Waals surface area contributed by atoms with E-state index in [0.717, 1.165) is 48.5 Å². The van der Waals surface area contributed by atoms with E-state index in [1.54, 1.807) is 0 Å². The number of quaternary nitrogens is 1. The third-order valence-electron chi connectivity index (χ3n) is 6.80. The second-order valence-corrected chi connectivity index (χ2v) is 9.27. The van der Waals surface area contributed by atoms with Crippen LogP contribution in [0, 0.1) is 5.41 Å². The molecule has 0 unspecified atom stereocenters. The molecule has 1 aliphatic carbocycles. The summed E-state index contributed by atoms with van der Waals surface area (Å²) in [6.07, 6.45) is 15.0. The lowest BCUT2D eigenvalue weighted by molar-refractivity contribution is -0.254. The summed E-state index contributed by atoms with van der Waals surface area (Å²) in [6, 6.07) is 18.8. The van der Waals surface area contributed by atoms with Gasteiger partial charge in [-0.15, -0.1) is 0 Å². The monoisotopic (exact) mass is 462 g/mol. The zero-order valence-corrected chi connectivity index (χ0v) is 20.2. The van der Waals surface area contributed by atoms with Gasteiger partial charge in [0.1, 0.15) is 5.69 Å². The Morgan fingerprint density at radius 2 is 1.83 bits per heavy atom. The Bertz CT molecular complexity index is 1290. The average molecular weight is 463 g/mol. The van der Waals surface area contributed by atoms with Gasteiger partial charge in [0.15, 0.2) is 0 Å². The minimum Gasteiger partial charge on any atom is -0.369 e. The number of nitrogens with one attached hydrogen (secondary N) is 1. The molecule has 2 atom stereocenters. The Morgan fingerprint density at radius 3 is 2.57 bits per heavy atom. The van der Waals surface area contributed by atoms with Crippen LogP contribution in [0.25, 0.3) is 0 Å². The molecule has 5 heteroatoms. The zero-order valence-electron chi connectivity index (χ0n) is 20.2. The molecule has 1 aromatic carbocycles. The van der Waals surface area contributed by atoms with Crippen molar-refractivity contribution < 1.29 is 5.73 Å². The van der Waals surface area contributed by atoms with Gasteiger partial charge in [0, 0.05) is 43.3 Å². The smallest absolute Gasteiger partial charge is 0.128 e. The molecule has 0 bridgehead atoms. The second kappa shape index (κ2) is 10.2. The van der Waals surface area contributed by atoms with Crippen molar-refractivity contribution in [2.75, 3.05) is 6.54 Å². The van der Waals surface area contributed by atoms with Crippen molar-refractivity contribution in [2.45, 2.75) is 38.1 Å². The van der Waals surface area contributed by atoms with Crippen LogP contribution in [-0.2, 0) is 6.42 Å². The summed E-state index contributed by atoms with van der Waals surface area (Å²) in [7, 11) is 0. The number of aromatic nitrogens is 2. The molecule has 4 N–H and O–H groups in total. The number of unbranched alkanes of at least 4 members (excludes halogenated alkanes) is 1. The fourth-order valence-corrected chi connectivity index (χ4v) is 5.16. The van der Waals surface area contributed by atoms with Gasteiger partial charge >= 0.3 is 0 Å². The highest BCUT2D eigenvalue weighted by molar-refractivity contribution is 6.04. The third kappa shape index (κ3) is 4.86. The second-order valence-electron chi connectivity index (χ2n) is 9.27. The number of benzene rings is 1. The van der Waals surface area contributed by atoms with E-state index < -0.39 is 0 Å². The molecule has 35 heavy (non-hydrogen) atoms. The number of pyridine rings is 2. The summed E-state index contributed by atoms with van der Waals surface area (Å²) < 4.78 is 0. The van der Waals surface area contributed by atoms with Crippen molar-refractivity contribution in [2.24, 2.45) is 0 Å². The maximum atomic E-state index is 8.37. The first-order valence-electron chi connectivity index (χ1n) is 12.4. The molecule has 0 radical (unpaired) electrons. The van der Waals surface area contributed by atoms with E-state index in [-0.39, 0.29) is 12.0 Å². The topological polar surface area (TPSA) is 80.5 Å². The lowest BCUT2D eigenvalue weighted by Gasteiger charge is -2.43. The molecule has 0 fully saturated rings. The minimum atomic E-state index is 0.0107. The molecule has 0 saturated carbocycles. The number of fused-ring (bicyclic) bond motifs is 1. The normalized spacial score (nSPS) is 19.3. The standard InChI is InChI=1S/C30H31N5/c1-2-3-16-35-20-21-10-11-24(32)19-27(21)29(28-9-5-7-15-34-28)30(35)26-13-12-23(31)17-22(26)18-25-8-4-6-14-33-25/h4-15,17,19-20,29-30,32H,2-3,16,18,31H2,1H3/p+1/t29-,30-/m0/s1. The zero-order chi connectivity index (χ0) is 24.2. The lowest BCUT2D eigenvalue weighted by Crippen LogP contribution is -2.40. The van der Waals surface area contributed by atoms with E-state index in [1.807, 2.05) is 42.7 Å². The fraction of sp³-hybridized carbons (Fsp3) is 0.233. The molecule has 5 nitrogen and oxygen atoms in total. The Labute approximate surface area is 207 Å². The van der Waals surface area contributed by atoms with Gasteiger partial charge in [-0.2, -0.15) is 0 Å². The maximum Gasteiger partial charge on any atom is 0.128 e. The van der Waals surface area contributed by atoms with Crippen LogP contribution in [0.5, 0.6) is 0 Å².